The van der Waals surface area contributed by atoms with Gasteiger partial charge in [-0.1, -0.05) is 0 Å². The summed E-state index contributed by atoms with van der Waals surface area (Å²) in [5.74, 6) is -1.63. The minimum Gasteiger partial charge on any atom is -0.480 e. The normalized spacial score (nSPS) is 9.67. The van der Waals surface area contributed by atoms with E-state index in [-0.39, 0.29) is 12.2 Å². The second kappa shape index (κ2) is 3.08. The molecule has 0 saturated heterocycles. The first-order valence-electron chi connectivity index (χ1n) is 3.28. The largest absolute Gasteiger partial charge is 0.480 e. The number of aromatic nitrogens is 1. The summed E-state index contributed by atoms with van der Waals surface area (Å²) in [5, 5.41) is 8.42. The molecule has 64 valence electrons. The zero-order chi connectivity index (χ0) is 9.14. The van der Waals surface area contributed by atoms with Gasteiger partial charge in [-0.25, -0.2) is 0 Å². The Hall–Kier alpha value is -1.78. The fourth-order valence-electron chi connectivity index (χ4n) is 0.921. The van der Waals surface area contributed by atoms with E-state index in [1.807, 2.05) is 0 Å². The van der Waals surface area contributed by atoms with E-state index < -0.39 is 11.9 Å². The van der Waals surface area contributed by atoms with Gasteiger partial charge < -0.3 is 15.4 Å². The number of hydrogen-bond acceptors (Lipinski definition) is 2. The molecule has 0 fully saturated rings. The third-order valence-corrected chi connectivity index (χ3v) is 1.39. The Balaban J connectivity index is 2.91. The van der Waals surface area contributed by atoms with Gasteiger partial charge in [-0.3, -0.25) is 9.59 Å². The van der Waals surface area contributed by atoms with Crippen LogP contribution >= 0.6 is 0 Å². The Labute approximate surface area is 68.4 Å². The molecule has 0 unspecified atom stereocenters. The zero-order valence-corrected chi connectivity index (χ0v) is 6.23. The monoisotopic (exact) mass is 168 g/mol. The first kappa shape index (κ1) is 8.32. The van der Waals surface area contributed by atoms with Gasteiger partial charge in [0, 0.05) is 6.20 Å². The van der Waals surface area contributed by atoms with Gasteiger partial charge in [0.25, 0.3) is 5.91 Å². The highest BCUT2D eigenvalue weighted by molar-refractivity contribution is 5.91. The van der Waals surface area contributed by atoms with Crippen LogP contribution in [0.4, 0.5) is 0 Å². The number of aliphatic carboxylic acids is 1. The van der Waals surface area contributed by atoms with Crippen molar-refractivity contribution >= 4 is 11.9 Å². The molecular formula is C7H8N2O3. The highest BCUT2D eigenvalue weighted by Gasteiger charge is 2.08. The van der Waals surface area contributed by atoms with Crippen LogP contribution in [0.3, 0.4) is 0 Å². The Morgan fingerprint density at radius 2 is 2.25 bits per heavy atom. The number of carboxylic acid groups (broad SMARTS) is 1. The molecule has 5 nitrogen and oxygen atoms in total. The highest BCUT2D eigenvalue weighted by atomic mass is 16.4. The molecular weight excluding hydrogens is 160 g/mol. The van der Waals surface area contributed by atoms with E-state index in [1.54, 1.807) is 6.07 Å². The molecule has 12 heavy (non-hydrogen) atoms. The molecule has 0 aromatic carbocycles. The quantitative estimate of drug-likeness (QED) is 0.648. The third kappa shape index (κ3) is 1.63. The number of hydrogen-bond donors (Lipinski definition) is 2. The number of amides is 1. The van der Waals surface area contributed by atoms with Crippen molar-refractivity contribution in [2.75, 3.05) is 0 Å². The van der Waals surface area contributed by atoms with E-state index in [9.17, 15) is 9.59 Å². The van der Waals surface area contributed by atoms with Crippen LogP contribution in [0, 0.1) is 0 Å². The first-order valence-corrected chi connectivity index (χ1v) is 3.28. The molecule has 0 aliphatic rings. The van der Waals surface area contributed by atoms with Crippen LogP contribution in [0.15, 0.2) is 18.3 Å². The predicted molar refractivity (Wildman–Crippen MR) is 40.6 cm³/mol. The molecule has 0 aliphatic heterocycles. The maximum atomic E-state index is 10.7. The molecule has 0 bridgehead atoms. The number of carbonyl (C=O) groups excluding carboxylic acids is 1. The van der Waals surface area contributed by atoms with E-state index in [1.165, 1.54) is 16.8 Å². The van der Waals surface area contributed by atoms with Crippen LogP contribution in [0.2, 0.25) is 0 Å². The minimum atomic E-state index is -1.01. The smallest absolute Gasteiger partial charge is 0.323 e. The van der Waals surface area contributed by atoms with Gasteiger partial charge in [0.05, 0.1) is 0 Å². The summed E-state index contributed by atoms with van der Waals surface area (Å²) in [6.07, 6.45) is 1.49. The lowest BCUT2D eigenvalue weighted by atomic mass is 10.4. The van der Waals surface area contributed by atoms with E-state index in [4.69, 9.17) is 10.8 Å². The molecule has 1 rings (SSSR count). The van der Waals surface area contributed by atoms with Gasteiger partial charge in [-0.05, 0) is 12.1 Å². The molecule has 5 heteroatoms. The second-order valence-electron chi connectivity index (χ2n) is 2.28. The van der Waals surface area contributed by atoms with Crippen LogP contribution in [0.25, 0.3) is 0 Å². The zero-order valence-electron chi connectivity index (χ0n) is 6.23. The van der Waals surface area contributed by atoms with Crippen molar-refractivity contribution < 1.29 is 14.7 Å². The molecule has 1 amide bonds. The summed E-state index contributed by atoms with van der Waals surface area (Å²) in [5.41, 5.74) is 5.19. The summed E-state index contributed by atoms with van der Waals surface area (Å²) in [4.78, 5) is 20.9. The lowest BCUT2D eigenvalue weighted by molar-refractivity contribution is -0.137. The van der Waals surface area contributed by atoms with E-state index in [0.29, 0.717) is 0 Å². The third-order valence-electron chi connectivity index (χ3n) is 1.39. The lowest BCUT2D eigenvalue weighted by Crippen LogP contribution is -2.19. The summed E-state index contributed by atoms with van der Waals surface area (Å²) >= 11 is 0. The minimum absolute atomic E-state index is 0.206. The molecule has 0 atom stereocenters. The molecule has 3 N–H and O–H groups in total. The number of primary amides is 1. The maximum absolute atomic E-state index is 10.7. The summed E-state index contributed by atoms with van der Waals surface area (Å²) in [7, 11) is 0. The SMILES string of the molecule is NC(=O)c1cccn1CC(=O)O. The fourth-order valence-corrected chi connectivity index (χ4v) is 0.921. The van der Waals surface area contributed by atoms with Crippen molar-refractivity contribution in [2.45, 2.75) is 6.54 Å². The van der Waals surface area contributed by atoms with Crippen LogP contribution < -0.4 is 5.73 Å². The van der Waals surface area contributed by atoms with Crippen molar-refractivity contribution in [3.63, 3.8) is 0 Å². The Morgan fingerprint density at radius 3 is 2.75 bits per heavy atom. The Kier molecular flexibility index (Phi) is 2.14. The topological polar surface area (TPSA) is 85.3 Å². The molecule has 1 aromatic heterocycles. The van der Waals surface area contributed by atoms with Gasteiger partial charge in [0.1, 0.15) is 12.2 Å². The summed E-state index contributed by atoms with van der Waals surface area (Å²) in [6.45, 7) is -0.245. The number of rotatable bonds is 3. The Morgan fingerprint density at radius 1 is 1.58 bits per heavy atom. The molecule has 1 heterocycles. The molecule has 1 aromatic rings. The van der Waals surface area contributed by atoms with Gasteiger partial charge in [-0.15, -0.1) is 0 Å². The van der Waals surface area contributed by atoms with E-state index >= 15 is 0 Å². The van der Waals surface area contributed by atoms with Gasteiger partial charge in [0.15, 0.2) is 0 Å². The van der Waals surface area contributed by atoms with Gasteiger partial charge >= 0.3 is 5.97 Å². The van der Waals surface area contributed by atoms with Gasteiger partial charge in [0.2, 0.25) is 0 Å². The number of carbonyl (C=O) groups is 2. The Bertz CT molecular complexity index is 316. The highest BCUT2D eigenvalue weighted by Crippen LogP contribution is 2.00. The number of carboxylic acids is 1. The standard InChI is InChI=1S/C7H8N2O3/c8-7(12)5-2-1-3-9(5)4-6(10)11/h1-3H,4H2,(H2,8,12)(H,10,11). The first-order chi connectivity index (χ1) is 5.61. The predicted octanol–water partition coefficient (Wildman–Crippen LogP) is -0.328. The molecule has 0 aliphatic carbocycles. The van der Waals surface area contributed by atoms with Crippen LogP contribution in [0.5, 0.6) is 0 Å². The molecule has 0 spiro atoms. The van der Waals surface area contributed by atoms with Crippen LogP contribution in [-0.2, 0) is 11.3 Å². The van der Waals surface area contributed by atoms with Crippen molar-refractivity contribution in [1.82, 2.24) is 4.57 Å². The van der Waals surface area contributed by atoms with Gasteiger partial charge in [-0.2, -0.15) is 0 Å². The van der Waals surface area contributed by atoms with Crippen molar-refractivity contribution in [3.05, 3.63) is 24.0 Å². The van der Waals surface area contributed by atoms with E-state index in [2.05, 4.69) is 0 Å². The lowest BCUT2D eigenvalue weighted by Gasteiger charge is -2.01. The van der Waals surface area contributed by atoms with Crippen molar-refractivity contribution in [3.8, 4) is 0 Å². The average molecular weight is 168 g/mol. The fraction of sp³-hybridized carbons (Fsp3) is 0.143. The summed E-state index contributed by atoms with van der Waals surface area (Å²) in [6, 6.07) is 3.05. The van der Waals surface area contributed by atoms with Crippen molar-refractivity contribution in [1.29, 1.82) is 0 Å². The molecule has 0 saturated carbocycles. The number of nitrogens with zero attached hydrogens (tertiary/aromatic N) is 1. The van der Waals surface area contributed by atoms with E-state index in [0.717, 1.165) is 0 Å². The number of nitrogens with two attached hydrogens (primary N) is 1. The van der Waals surface area contributed by atoms with Crippen LogP contribution in [-0.4, -0.2) is 21.6 Å². The van der Waals surface area contributed by atoms with Crippen molar-refractivity contribution in [2.24, 2.45) is 5.73 Å². The molecule has 0 radical (unpaired) electrons. The summed E-state index contributed by atoms with van der Waals surface area (Å²) < 4.78 is 1.28. The maximum Gasteiger partial charge on any atom is 0.323 e. The average Bonchev–Trinajstić information content (AvgIpc) is 2.33. The second-order valence-corrected chi connectivity index (χ2v) is 2.28. The van der Waals surface area contributed by atoms with Crippen LogP contribution in [0.1, 0.15) is 10.5 Å².